The van der Waals surface area contributed by atoms with Crippen molar-refractivity contribution in [2.75, 3.05) is 19.7 Å². The van der Waals surface area contributed by atoms with Gasteiger partial charge in [0.15, 0.2) is 6.61 Å². The second kappa shape index (κ2) is 10.6. The largest absolute Gasteiger partial charge is 0.483 e. The average molecular weight is 335 g/mol. The van der Waals surface area contributed by atoms with E-state index in [1.807, 2.05) is 42.5 Å². The molecule has 4 nitrogen and oxygen atoms in total. The highest BCUT2D eigenvalue weighted by atomic mass is 35.5. The molecule has 0 atom stereocenters. The summed E-state index contributed by atoms with van der Waals surface area (Å²) in [6, 6.07) is 18.0. The van der Waals surface area contributed by atoms with Crippen molar-refractivity contribution in [3.05, 3.63) is 65.7 Å². The molecular formula is C18H23ClN2O2. The van der Waals surface area contributed by atoms with Gasteiger partial charge >= 0.3 is 0 Å². The van der Waals surface area contributed by atoms with Gasteiger partial charge in [0, 0.05) is 13.0 Å². The van der Waals surface area contributed by atoms with Crippen molar-refractivity contribution in [1.29, 1.82) is 0 Å². The monoisotopic (exact) mass is 334 g/mol. The van der Waals surface area contributed by atoms with Gasteiger partial charge in [-0.2, -0.15) is 0 Å². The number of rotatable bonds is 8. The van der Waals surface area contributed by atoms with Crippen LogP contribution < -0.4 is 15.8 Å². The summed E-state index contributed by atoms with van der Waals surface area (Å²) in [6.45, 7) is 1.18. The summed E-state index contributed by atoms with van der Waals surface area (Å²) in [7, 11) is 0. The number of para-hydroxylation sites is 1. The van der Waals surface area contributed by atoms with Crippen molar-refractivity contribution < 1.29 is 9.53 Å². The highest BCUT2D eigenvalue weighted by Crippen LogP contribution is 2.21. The third kappa shape index (κ3) is 6.72. The Labute approximate surface area is 143 Å². The Morgan fingerprint density at radius 1 is 1.04 bits per heavy atom. The van der Waals surface area contributed by atoms with Crippen LogP contribution >= 0.6 is 12.4 Å². The minimum absolute atomic E-state index is 0. The van der Waals surface area contributed by atoms with Gasteiger partial charge in [-0.25, -0.2) is 0 Å². The Morgan fingerprint density at radius 2 is 1.74 bits per heavy atom. The minimum atomic E-state index is -0.122. The zero-order chi connectivity index (χ0) is 15.6. The summed E-state index contributed by atoms with van der Waals surface area (Å²) >= 11 is 0. The highest BCUT2D eigenvalue weighted by Gasteiger charge is 2.07. The molecule has 2 rings (SSSR count). The topological polar surface area (TPSA) is 64.3 Å². The number of nitrogens with two attached hydrogens (primary N) is 1. The van der Waals surface area contributed by atoms with Crippen LogP contribution in [0.1, 0.15) is 17.5 Å². The number of hydrogen-bond donors (Lipinski definition) is 2. The van der Waals surface area contributed by atoms with Crippen LogP contribution in [0, 0.1) is 0 Å². The van der Waals surface area contributed by atoms with Gasteiger partial charge in [0.25, 0.3) is 5.91 Å². The fourth-order valence-electron chi connectivity index (χ4n) is 2.13. The summed E-state index contributed by atoms with van der Waals surface area (Å²) < 4.78 is 5.66. The normalized spacial score (nSPS) is 9.78. The predicted molar refractivity (Wildman–Crippen MR) is 95.1 cm³/mol. The molecular weight excluding hydrogens is 312 g/mol. The maximum absolute atomic E-state index is 11.7. The first-order valence-electron chi connectivity index (χ1n) is 7.51. The molecule has 23 heavy (non-hydrogen) atoms. The van der Waals surface area contributed by atoms with Crippen LogP contribution in [-0.4, -0.2) is 25.6 Å². The molecule has 0 spiro atoms. The lowest BCUT2D eigenvalue weighted by molar-refractivity contribution is -0.123. The van der Waals surface area contributed by atoms with Crippen molar-refractivity contribution in [2.24, 2.45) is 5.73 Å². The maximum Gasteiger partial charge on any atom is 0.257 e. The Kier molecular flexibility index (Phi) is 8.80. The van der Waals surface area contributed by atoms with E-state index in [0.29, 0.717) is 13.1 Å². The molecule has 0 saturated heterocycles. The molecule has 0 unspecified atom stereocenters. The number of ether oxygens (including phenoxy) is 1. The zero-order valence-corrected chi connectivity index (χ0v) is 13.9. The van der Waals surface area contributed by atoms with Gasteiger partial charge < -0.3 is 15.8 Å². The van der Waals surface area contributed by atoms with E-state index in [4.69, 9.17) is 10.5 Å². The molecule has 0 radical (unpaired) electrons. The van der Waals surface area contributed by atoms with E-state index >= 15 is 0 Å². The van der Waals surface area contributed by atoms with E-state index in [0.717, 1.165) is 24.2 Å². The van der Waals surface area contributed by atoms with Gasteiger partial charge in [0.05, 0.1) is 0 Å². The van der Waals surface area contributed by atoms with Crippen LogP contribution in [0.25, 0.3) is 0 Å². The summed E-state index contributed by atoms with van der Waals surface area (Å²) in [5, 5.41) is 2.78. The second-order valence-electron chi connectivity index (χ2n) is 5.05. The molecule has 124 valence electrons. The van der Waals surface area contributed by atoms with Gasteiger partial charge in [-0.05, 0) is 30.2 Å². The molecule has 5 heteroatoms. The van der Waals surface area contributed by atoms with Crippen LogP contribution in [0.2, 0.25) is 0 Å². The predicted octanol–water partition coefficient (Wildman–Crippen LogP) is 2.54. The fourth-order valence-corrected chi connectivity index (χ4v) is 2.13. The Hall–Kier alpha value is -2.04. The third-order valence-electron chi connectivity index (χ3n) is 3.27. The van der Waals surface area contributed by atoms with Crippen LogP contribution in [0.15, 0.2) is 54.6 Å². The van der Waals surface area contributed by atoms with E-state index in [-0.39, 0.29) is 24.9 Å². The standard InChI is InChI=1S/C18H22N2O2.ClH/c19-11-6-12-20-18(21)14-22-17-10-5-4-9-16(17)13-15-7-2-1-3-8-15;/h1-5,7-10H,6,11-14,19H2,(H,20,21);1H. The number of amides is 1. The molecule has 0 aliphatic rings. The van der Waals surface area contributed by atoms with Gasteiger partial charge in [0.2, 0.25) is 0 Å². The van der Waals surface area contributed by atoms with E-state index in [1.54, 1.807) is 0 Å². The number of nitrogens with one attached hydrogen (secondary N) is 1. The van der Waals surface area contributed by atoms with Crippen molar-refractivity contribution in [3.8, 4) is 5.75 Å². The molecule has 0 heterocycles. The third-order valence-corrected chi connectivity index (χ3v) is 3.27. The van der Waals surface area contributed by atoms with Crippen LogP contribution in [-0.2, 0) is 11.2 Å². The molecule has 0 fully saturated rings. The van der Waals surface area contributed by atoms with E-state index < -0.39 is 0 Å². The first kappa shape index (κ1) is 19.0. The van der Waals surface area contributed by atoms with Crippen molar-refractivity contribution >= 4 is 18.3 Å². The first-order valence-corrected chi connectivity index (χ1v) is 7.51. The van der Waals surface area contributed by atoms with E-state index in [1.165, 1.54) is 5.56 Å². The number of hydrogen-bond acceptors (Lipinski definition) is 3. The smallest absolute Gasteiger partial charge is 0.257 e. The fraction of sp³-hybridized carbons (Fsp3) is 0.278. The molecule has 0 bridgehead atoms. The summed E-state index contributed by atoms with van der Waals surface area (Å²) in [4.78, 5) is 11.7. The lowest BCUT2D eigenvalue weighted by atomic mass is 10.0. The quantitative estimate of drug-likeness (QED) is 0.729. The van der Waals surface area contributed by atoms with Crippen LogP contribution in [0.4, 0.5) is 0 Å². The van der Waals surface area contributed by atoms with Crippen LogP contribution in [0.3, 0.4) is 0 Å². The Morgan fingerprint density at radius 3 is 2.48 bits per heavy atom. The molecule has 1 amide bonds. The van der Waals surface area contributed by atoms with Crippen molar-refractivity contribution in [3.63, 3.8) is 0 Å². The number of halogens is 1. The molecule has 3 N–H and O–H groups in total. The molecule has 2 aromatic rings. The first-order chi connectivity index (χ1) is 10.8. The molecule has 0 saturated carbocycles. The zero-order valence-electron chi connectivity index (χ0n) is 13.0. The summed E-state index contributed by atoms with van der Waals surface area (Å²) in [5.41, 5.74) is 7.68. The van der Waals surface area contributed by atoms with Crippen molar-refractivity contribution in [2.45, 2.75) is 12.8 Å². The Bertz CT molecular complexity index is 591. The van der Waals surface area contributed by atoms with Gasteiger partial charge in [0.1, 0.15) is 5.75 Å². The summed E-state index contributed by atoms with van der Waals surface area (Å²) in [5.74, 6) is 0.628. The lowest BCUT2D eigenvalue weighted by Crippen LogP contribution is -2.30. The average Bonchev–Trinajstić information content (AvgIpc) is 2.55. The van der Waals surface area contributed by atoms with E-state index in [9.17, 15) is 4.79 Å². The second-order valence-corrected chi connectivity index (χ2v) is 5.05. The number of carbonyl (C=O) groups excluding carboxylic acids is 1. The van der Waals surface area contributed by atoms with Crippen LogP contribution in [0.5, 0.6) is 5.75 Å². The van der Waals surface area contributed by atoms with Gasteiger partial charge in [-0.1, -0.05) is 48.5 Å². The SMILES string of the molecule is Cl.NCCCNC(=O)COc1ccccc1Cc1ccccc1. The molecule has 0 aromatic heterocycles. The van der Waals surface area contributed by atoms with Crippen molar-refractivity contribution in [1.82, 2.24) is 5.32 Å². The highest BCUT2D eigenvalue weighted by molar-refractivity contribution is 5.85. The van der Waals surface area contributed by atoms with Gasteiger partial charge in [-0.3, -0.25) is 4.79 Å². The lowest BCUT2D eigenvalue weighted by Gasteiger charge is -2.11. The molecule has 0 aliphatic carbocycles. The molecule has 2 aromatic carbocycles. The number of benzene rings is 2. The van der Waals surface area contributed by atoms with Gasteiger partial charge in [-0.15, -0.1) is 12.4 Å². The Balaban J connectivity index is 0.00000264. The maximum atomic E-state index is 11.7. The number of carbonyl (C=O) groups is 1. The summed E-state index contributed by atoms with van der Waals surface area (Å²) in [6.07, 6.45) is 1.56. The minimum Gasteiger partial charge on any atom is -0.483 e. The van der Waals surface area contributed by atoms with E-state index in [2.05, 4.69) is 17.4 Å². The molecule has 0 aliphatic heterocycles.